The molecule has 0 N–H and O–H groups in total. The molecule has 0 bridgehead atoms. The van der Waals surface area contributed by atoms with Crippen LogP contribution in [0, 0.1) is 0 Å². The van der Waals surface area contributed by atoms with Gasteiger partial charge in [-0.15, -0.1) is 0 Å². The van der Waals surface area contributed by atoms with Crippen LogP contribution in [0.2, 0.25) is 5.02 Å². The Kier molecular flexibility index (Phi) is 5.76. The van der Waals surface area contributed by atoms with Gasteiger partial charge in [-0.05, 0) is 38.1 Å². The van der Waals surface area contributed by atoms with Crippen LogP contribution in [0.15, 0.2) is 30.5 Å². The van der Waals surface area contributed by atoms with E-state index in [-0.39, 0.29) is 5.91 Å². The van der Waals surface area contributed by atoms with E-state index in [2.05, 4.69) is 20.9 Å². The summed E-state index contributed by atoms with van der Waals surface area (Å²) in [5, 5.41) is 1.83. The first-order valence-electron chi connectivity index (χ1n) is 8.91. The van der Waals surface area contributed by atoms with Gasteiger partial charge in [0.2, 0.25) is 5.91 Å². The Hall–Kier alpha value is -1.85. The molecule has 0 radical (unpaired) electrons. The minimum atomic E-state index is 0.224. The smallest absolute Gasteiger partial charge is 0.236 e. The van der Waals surface area contributed by atoms with E-state index >= 15 is 0 Å². The number of hydrogen-bond acceptors (Lipinski definition) is 4. The van der Waals surface area contributed by atoms with Crippen LogP contribution in [-0.2, 0) is 4.79 Å². The predicted molar refractivity (Wildman–Crippen MR) is 103 cm³/mol. The van der Waals surface area contributed by atoms with E-state index in [0.717, 1.165) is 50.2 Å². The number of fused-ring (bicyclic) bond motifs is 1. The summed E-state index contributed by atoms with van der Waals surface area (Å²) < 4.78 is 0. The summed E-state index contributed by atoms with van der Waals surface area (Å²) in [7, 11) is 0. The Morgan fingerprint density at radius 3 is 2.56 bits per heavy atom. The number of carbonyl (C=O) groups is 1. The molecule has 0 saturated carbocycles. The molecule has 1 amide bonds. The maximum Gasteiger partial charge on any atom is 0.236 e. The molecule has 1 aromatic heterocycles. The predicted octanol–water partition coefficient (Wildman–Crippen LogP) is 2.88. The highest BCUT2D eigenvalue weighted by Crippen LogP contribution is 2.28. The largest absolute Gasteiger partial charge is 0.368 e. The Balaban J connectivity index is 1.66. The Morgan fingerprint density at radius 1 is 1.16 bits per heavy atom. The zero-order valence-corrected chi connectivity index (χ0v) is 15.7. The zero-order valence-electron chi connectivity index (χ0n) is 14.9. The van der Waals surface area contributed by atoms with Crippen LogP contribution in [0.5, 0.6) is 0 Å². The fraction of sp³-hybridized carbons (Fsp3) is 0.474. The van der Waals surface area contributed by atoms with E-state index in [1.54, 1.807) is 0 Å². The zero-order chi connectivity index (χ0) is 17.8. The number of pyridine rings is 1. The summed E-state index contributed by atoms with van der Waals surface area (Å²) in [6, 6.07) is 7.91. The van der Waals surface area contributed by atoms with Crippen LogP contribution >= 0.6 is 11.6 Å². The number of benzene rings is 1. The molecule has 0 spiro atoms. The Bertz CT molecular complexity index is 739. The lowest BCUT2D eigenvalue weighted by molar-refractivity contribution is -0.132. The molecule has 1 aliphatic rings. The van der Waals surface area contributed by atoms with Crippen LogP contribution < -0.4 is 4.90 Å². The van der Waals surface area contributed by atoms with Gasteiger partial charge >= 0.3 is 0 Å². The van der Waals surface area contributed by atoms with Gasteiger partial charge in [0.05, 0.1) is 12.1 Å². The van der Waals surface area contributed by atoms with Crippen molar-refractivity contribution in [3.8, 4) is 0 Å². The molecule has 1 saturated heterocycles. The van der Waals surface area contributed by atoms with Crippen LogP contribution in [-0.4, -0.2) is 66.5 Å². The van der Waals surface area contributed by atoms with Gasteiger partial charge in [0.25, 0.3) is 0 Å². The van der Waals surface area contributed by atoms with Gasteiger partial charge in [0.15, 0.2) is 0 Å². The normalized spacial score (nSPS) is 15.6. The van der Waals surface area contributed by atoms with Gasteiger partial charge in [-0.1, -0.05) is 11.6 Å². The van der Waals surface area contributed by atoms with Crippen molar-refractivity contribution in [3.05, 3.63) is 35.5 Å². The number of carbonyl (C=O) groups excluding carboxylic acids is 1. The molecule has 1 aromatic carbocycles. The summed E-state index contributed by atoms with van der Waals surface area (Å²) >= 11 is 6.08. The average Bonchev–Trinajstić information content (AvgIpc) is 2.62. The first-order valence-corrected chi connectivity index (χ1v) is 9.29. The second-order valence-electron chi connectivity index (χ2n) is 6.32. The van der Waals surface area contributed by atoms with Crippen molar-refractivity contribution >= 4 is 34.1 Å². The fourth-order valence-corrected chi connectivity index (χ4v) is 3.56. The van der Waals surface area contributed by atoms with Crippen LogP contribution in [0.4, 0.5) is 5.69 Å². The lowest BCUT2D eigenvalue weighted by atomic mass is 10.1. The van der Waals surface area contributed by atoms with Crippen LogP contribution in [0.3, 0.4) is 0 Å². The molecule has 1 fully saturated rings. The van der Waals surface area contributed by atoms with Gasteiger partial charge < -0.3 is 9.80 Å². The molecular formula is C19H25ClN4O. The van der Waals surface area contributed by atoms with Crippen molar-refractivity contribution in [2.45, 2.75) is 13.8 Å². The lowest BCUT2D eigenvalue weighted by Gasteiger charge is -2.36. The van der Waals surface area contributed by atoms with E-state index in [0.29, 0.717) is 11.6 Å². The Morgan fingerprint density at radius 2 is 1.88 bits per heavy atom. The number of aromatic nitrogens is 1. The summed E-state index contributed by atoms with van der Waals surface area (Å²) in [5.74, 6) is 0.224. The molecule has 2 heterocycles. The molecule has 25 heavy (non-hydrogen) atoms. The van der Waals surface area contributed by atoms with Gasteiger partial charge in [-0.25, -0.2) is 0 Å². The molecule has 0 aliphatic carbocycles. The van der Waals surface area contributed by atoms with Crippen molar-refractivity contribution < 1.29 is 4.79 Å². The van der Waals surface area contributed by atoms with Gasteiger partial charge in [0, 0.05) is 61.6 Å². The summed E-state index contributed by atoms with van der Waals surface area (Å²) in [5.41, 5.74) is 2.11. The van der Waals surface area contributed by atoms with E-state index in [1.807, 2.05) is 43.1 Å². The average molecular weight is 361 g/mol. The molecule has 1 aliphatic heterocycles. The van der Waals surface area contributed by atoms with Crippen molar-refractivity contribution in [1.82, 2.24) is 14.8 Å². The minimum Gasteiger partial charge on any atom is -0.368 e. The van der Waals surface area contributed by atoms with Crippen molar-refractivity contribution in [2.24, 2.45) is 0 Å². The lowest BCUT2D eigenvalue weighted by Crippen LogP contribution is -2.50. The SMILES string of the molecule is CCN(CC)C(=O)CN1CCN(c2ccnc3cc(Cl)ccc23)CC1. The summed E-state index contributed by atoms with van der Waals surface area (Å²) in [4.78, 5) is 23.2. The second-order valence-corrected chi connectivity index (χ2v) is 6.76. The molecule has 134 valence electrons. The van der Waals surface area contributed by atoms with Crippen LogP contribution in [0.25, 0.3) is 10.9 Å². The number of anilines is 1. The standard InChI is InChI=1S/C19H25ClN4O/c1-3-23(4-2)19(25)14-22-9-11-24(12-10-22)18-7-8-21-17-13-15(20)5-6-16(17)18/h5-8,13H,3-4,9-12,14H2,1-2H3. The van der Waals surface area contributed by atoms with Crippen molar-refractivity contribution in [3.63, 3.8) is 0 Å². The second kappa shape index (κ2) is 8.02. The first kappa shape index (κ1) is 18.0. The van der Waals surface area contributed by atoms with Gasteiger partial charge in [-0.2, -0.15) is 0 Å². The van der Waals surface area contributed by atoms with E-state index < -0.39 is 0 Å². The van der Waals surface area contributed by atoms with Crippen molar-refractivity contribution in [2.75, 3.05) is 50.7 Å². The molecule has 3 rings (SSSR count). The number of hydrogen-bond donors (Lipinski definition) is 0. The molecular weight excluding hydrogens is 336 g/mol. The summed E-state index contributed by atoms with van der Waals surface area (Å²) in [6.45, 7) is 9.74. The molecule has 2 aromatic rings. The third kappa shape index (κ3) is 4.05. The number of piperazine rings is 1. The molecule has 6 heteroatoms. The number of nitrogens with zero attached hydrogens (tertiary/aromatic N) is 4. The minimum absolute atomic E-state index is 0.224. The quantitative estimate of drug-likeness (QED) is 0.822. The number of rotatable bonds is 5. The molecule has 0 atom stereocenters. The fourth-order valence-electron chi connectivity index (χ4n) is 3.40. The van der Waals surface area contributed by atoms with E-state index in [4.69, 9.17) is 11.6 Å². The highest BCUT2D eigenvalue weighted by molar-refractivity contribution is 6.31. The third-order valence-electron chi connectivity index (χ3n) is 4.87. The van der Waals surface area contributed by atoms with Crippen molar-refractivity contribution in [1.29, 1.82) is 0 Å². The van der Waals surface area contributed by atoms with Crippen LogP contribution in [0.1, 0.15) is 13.8 Å². The monoisotopic (exact) mass is 360 g/mol. The van der Waals surface area contributed by atoms with Gasteiger partial charge in [0.1, 0.15) is 0 Å². The summed E-state index contributed by atoms with van der Waals surface area (Å²) in [6.07, 6.45) is 1.84. The maximum atomic E-state index is 12.3. The topological polar surface area (TPSA) is 39.7 Å². The van der Waals surface area contributed by atoms with E-state index in [1.165, 1.54) is 5.69 Å². The molecule has 0 unspecified atom stereocenters. The maximum absolute atomic E-state index is 12.3. The van der Waals surface area contributed by atoms with Gasteiger partial charge in [-0.3, -0.25) is 14.7 Å². The van der Waals surface area contributed by atoms with E-state index in [9.17, 15) is 4.79 Å². The Labute approximate surface area is 154 Å². The molecule has 5 nitrogen and oxygen atoms in total. The number of halogens is 1. The number of amides is 1. The number of likely N-dealkylation sites (N-methyl/N-ethyl adjacent to an activating group) is 1. The highest BCUT2D eigenvalue weighted by Gasteiger charge is 2.22. The third-order valence-corrected chi connectivity index (χ3v) is 5.10. The first-order chi connectivity index (χ1) is 12.1. The highest BCUT2D eigenvalue weighted by atomic mass is 35.5.